The molecule has 2 rings (SSSR count). The third kappa shape index (κ3) is 2.45. The van der Waals surface area contributed by atoms with E-state index in [9.17, 15) is 4.79 Å². The van der Waals surface area contributed by atoms with E-state index in [-0.39, 0.29) is 0 Å². The fourth-order valence-corrected chi connectivity index (χ4v) is 2.08. The summed E-state index contributed by atoms with van der Waals surface area (Å²) in [5.41, 5.74) is 6.06. The Balaban J connectivity index is 2.27. The molecule has 0 spiro atoms. The van der Waals surface area contributed by atoms with Crippen molar-refractivity contribution < 1.29 is 4.79 Å². The molecule has 1 atom stereocenters. The van der Waals surface area contributed by atoms with Crippen LogP contribution in [-0.4, -0.2) is 26.0 Å². The molecule has 0 saturated carbocycles. The molecule has 1 aromatic carbocycles. The van der Waals surface area contributed by atoms with Gasteiger partial charge in [-0.25, -0.2) is 4.68 Å². The molecular formula is C11H13N5OS. The highest BCUT2D eigenvalue weighted by atomic mass is 32.2. The summed E-state index contributed by atoms with van der Waals surface area (Å²) < 4.78 is 1.36. The van der Waals surface area contributed by atoms with Crippen LogP contribution in [0.4, 0.5) is 0 Å². The van der Waals surface area contributed by atoms with Gasteiger partial charge in [-0.3, -0.25) is 4.79 Å². The molecule has 94 valence electrons. The maximum atomic E-state index is 11.0. The second-order valence-electron chi connectivity index (χ2n) is 3.70. The lowest BCUT2D eigenvalue weighted by atomic mass is 10.2. The number of aromatic nitrogens is 3. The Labute approximate surface area is 108 Å². The van der Waals surface area contributed by atoms with Crippen molar-refractivity contribution in [2.75, 3.05) is 5.84 Å². The van der Waals surface area contributed by atoms with E-state index in [4.69, 9.17) is 11.6 Å². The molecular weight excluding hydrogens is 250 g/mol. The quantitative estimate of drug-likeness (QED) is 0.622. The van der Waals surface area contributed by atoms with Gasteiger partial charge in [0.25, 0.3) is 0 Å². The lowest BCUT2D eigenvalue weighted by Gasteiger charge is -2.06. The van der Waals surface area contributed by atoms with Crippen molar-refractivity contribution in [1.29, 1.82) is 0 Å². The van der Waals surface area contributed by atoms with Crippen molar-refractivity contribution in [3.8, 4) is 11.4 Å². The lowest BCUT2D eigenvalue weighted by molar-refractivity contribution is -0.117. The van der Waals surface area contributed by atoms with E-state index < -0.39 is 11.2 Å². The zero-order valence-electron chi connectivity index (χ0n) is 9.78. The van der Waals surface area contributed by atoms with Gasteiger partial charge in [-0.15, -0.1) is 10.2 Å². The highest BCUT2D eigenvalue weighted by Crippen LogP contribution is 2.24. The molecule has 6 nitrogen and oxygen atoms in total. The first-order chi connectivity index (χ1) is 8.59. The lowest BCUT2D eigenvalue weighted by Crippen LogP contribution is -2.23. The van der Waals surface area contributed by atoms with Gasteiger partial charge in [-0.05, 0) is 6.92 Å². The fourth-order valence-electron chi connectivity index (χ4n) is 1.36. The summed E-state index contributed by atoms with van der Waals surface area (Å²) in [6, 6.07) is 9.47. The zero-order valence-corrected chi connectivity index (χ0v) is 10.6. The molecule has 7 heteroatoms. The van der Waals surface area contributed by atoms with Gasteiger partial charge in [-0.1, -0.05) is 42.1 Å². The van der Waals surface area contributed by atoms with Crippen LogP contribution in [0.3, 0.4) is 0 Å². The normalized spacial score (nSPS) is 12.3. The van der Waals surface area contributed by atoms with E-state index in [0.29, 0.717) is 11.0 Å². The predicted octanol–water partition coefficient (Wildman–Crippen LogP) is 0.625. The summed E-state index contributed by atoms with van der Waals surface area (Å²) in [6.45, 7) is 1.70. The molecule has 18 heavy (non-hydrogen) atoms. The predicted molar refractivity (Wildman–Crippen MR) is 70.1 cm³/mol. The van der Waals surface area contributed by atoms with Crippen molar-refractivity contribution in [3.05, 3.63) is 30.3 Å². The van der Waals surface area contributed by atoms with E-state index >= 15 is 0 Å². The van der Waals surface area contributed by atoms with E-state index in [1.165, 1.54) is 16.4 Å². The fraction of sp³-hybridized carbons (Fsp3) is 0.182. The topological polar surface area (TPSA) is 99.8 Å². The molecule has 4 N–H and O–H groups in total. The second kappa shape index (κ2) is 5.09. The third-order valence-corrected chi connectivity index (χ3v) is 3.45. The van der Waals surface area contributed by atoms with Crippen molar-refractivity contribution in [1.82, 2.24) is 14.9 Å². The average Bonchev–Trinajstić information content (AvgIpc) is 2.72. The molecule has 0 bridgehead atoms. The smallest absolute Gasteiger partial charge is 0.230 e. The first-order valence-corrected chi connectivity index (χ1v) is 6.19. The Kier molecular flexibility index (Phi) is 3.52. The van der Waals surface area contributed by atoms with E-state index in [1.54, 1.807) is 6.92 Å². The summed E-state index contributed by atoms with van der Waals surface area (Å²) in [6.07, 6.45) is 0. The third-order valence-electron chi connectivity index (χ3n) is 2.38. The number of rotatable bonds is 4. The number of primary amides is 1. The number of benzene rings is 1. The number of amides is 1. The first kappa shape index (κ1) is 12.4. The minimum atomic E-state index is -0.413. The van der Waals surface area contributed by atoms with Crippen LogP contribution in [0, 0.1) is 0 Å². The maximum Gasteiger partial charge on any atom is 0.230 e. The Morgan fingerprint density at radius 1 is 1.33 bits per heavy atom. The Morgan fingerprint density at radius 2 is 2.00 bits per heavy atom. The molecule has 2 aromatic rings. The summed E-state index contributed by atoms with van der Waals surface area (Å²) in [5, 5.41) is 8.03. The van der Waals surface area contributed by atoms with Crippen LogP contribution in [0.5, 0.6) is 0 Å². The Hall–Kier alpha value is -2.02. The summed E-state index contributed by atoms with van der Waals surface area (Å²) in [4.78, 5) is 11.0. The Bertz CT molecular complexity index is 554. The van der Waals surface area contributed by atoms with E-state index in [0.717, 1.165) is 5.56 Å². The number of hydrogen-bond donors (Lipinski definition) is 2. The first-order valence-electron chi connectivity index (χ1n) is 5.31. The number of carbonyl (C=O) groups excluding carboxylic acids is 1. The zero-order chi connectivity index (χ0) is 13.1. The van der Waals surface area contributed by atoms with E-state index in [2.05, 4.69) is 10.2 Å². The second-order valence-corrected chi connectivity index (χ2v) is 5.01. The van der Waals surface area contributed by atoms with Crippen LogP contribution in [-0.2, 0) is 4.79 Å². The molecule has 0 radical (unpaired) electrons. The standard InChI is InChI=1S/C11H13N5OS/c1-7(9(12)17)18-11-15-14-10(16(11)13)8-5-3-2-4-6-8/h2-7H,13H2,1H3,(H2,12,17). The number of nitrogen functional groups attached to an aromatic ring is 1. The van der Waals surface area contributed by atoms with Gasteiger partial charge in [0.1, 0.15) is 0 Å². The van der Waals surface area contributed by atoms with Gasteiger partial charge in [0, 0.05) is 5.56 Å². The molecule has 0 aliphatic carbocycles. The Morgan fingerprint density at radius 3 is 2.61 bits per heavy atom. The largest absolute Gasteiger partial charge is 0.369 e. The van der Waals surface area contributed by atoms with Crippen molar-refractivity contribution in [2.45, 2.75) is 17.3 Å². The molecule has 0 fully saturated rings. The van der Waals surface area contributed by atoms with Gasteiger partial charge >= 0.3 is 0 Å². The van der Waals surface area contributed by atoms with Crippen LogP contribution >= 0.6 is 11.8 Å². The highest BCUT2D eigenvalue weighted by molar-refractivity contribution is 8.00. The van der Waals surface area contributed by atoms with Gasteiger partial charge < -0.3 is 11.6 Å². The molecule has 1 aromatic heterocycles. The van der Waals surface area contributed by atoms with Crippen LogP contribution in [0.1, 0.15) is 6.92 Å². The molecule has 1 amide bonds. The minimum Gasteiger partial charge on any atom is -0.369 e. The van der Waals surface area contributed by atoms with Gasteiger partial charge in [-0.2, -0.15) is 0 Å². The number of carbonyl (C=O) groups is 1. The van der Waals surface area contributed by atoms with Crippen molar-refractivity contribution in [3.63, 3.8) is 0 Å². The average molecular weight is 263 g/mol. The van der Waals surface area contributed by atoms with Crippen LogP contribution in [0.25, 0.3) is 11.4 Å². The van der Waals surface area contributed by atoms with Crippen molar-refractivity contribution >= 4 is 17.7 Å². The molecule has 0 aliphatic rings. The molecule has 1 unspecified atom stereocenters. The summed E-state index contributed by atoms with van der Waals surface area (Å²) >= 11 is 1.18. The molecule has 0 aliphatic heterocycles. The van der Waals surface area contributed by atoms with Crippen LogP contribution in [0.2, 0.25) is 0 Å². The number of nitrogens with zero attached hydrogens (tertiary/aromatic N) is 3. The minimum absolute atomic E-state index is 0.403. The van der Waals surface area contributed by atoms with Gasteiger partial charge in [0.05, 0.1) is 5.25 Å². The highest BCUT2D eigenvalue weighted by Gasteiger charge is 2.17. The van der Waals surface area contributed by atoms with E-state index in [1.807, 2.05) is 30.3 Å². The summed E-state index contributed by atoms with van der Waals surface area (Å²) in [7, 11) is 0. The number of thioether (sulfide) groups is 1. The molecule has 1 heterocycles. The summed E-state index contributed by atoms with van der Waals surface area (Å²) in [5.74, 6) is 6.04. The maximum absolute atomic E-state index is 11.0. The van der Waals surface area contributed by atoms with Crippen LogP contribution in [0.15, 0.2) is 35.5 Å². The molecule has 0 saturated heterocycles. The monoisotopic (exact) mass is 263 g/mol. The SMILES string of the molecule is CC(Sc1nnc(-c2ccccc2)n1N)C(N)=O. The number of hydrogen-bond acceptors (Lipinski definition) is 5. The van der Waals surface area contributed by atoms with Crippen LogP contribution < -0.4 is 11.6 Å². The van der Waals surface area contributed by atoms with Gasteiger partial charge in [0.15, 0.2) is 5.82 Å². The van der Waals surface area contributed by atoms with Gasteiger partial charge in [0.2, 0.25) is 11.1 Å². The number of nitrogens with two attached hydrogens (primary N) is 2. The van der Waals surface area contributed by atoms with Crippen molar-refractivity contribution in [2.24, 2.45) is 5.73 Å².